The highest BCUT2D eigenvalue weighted by atomic mass is 35.5. The maximum atomic E-state index is 9.33. The summed E-state index contributed by atoms with van der Waals surface area (Å²) in [6.07, 6.45) is 0. The lowest BCUT2D eigenvalue weighted by atomic mass is 10.2. The molecule has 0 saturated heterocycles. The van der Waals surface area contributed by atoms with E-state index in [1.165, 1.54) is 0 Å². The van der Waals surface area contributed by atoms with Crippen molar-refractivity contribution in [2.45, 2.75) is 6.92 Å². The van der Waals surface area contributed by atoms with Crippen LogP contribution >= 0.6 is 11.6 Å². The van der Waals surface area contributed by atoms with Gasteiger partial charge in [-0.1, -0.05) is 11.6 Å². The highest BCUT2D eigenvalue weighted by molar-refractivity contribution is 7.80. The van der Waals surface area contributed by atoms with Gasteiger partial charge in [0.05, 0.1) is 13.7 Å². The molecule has 134 valence electrons. The molecule has 0 unspecified atom stereocenters. The van der Waals surface area contributed by atoms with Crippen molar-refractivity contribution in [2.75, 3.05) is 13.7 Å². The Morgan fingerprint density at radius 3 is 2.28 bits per heavy atom. The molecule has 9 heteroatoms. The Morgan fingerprint density at radius 2 is 1.72 bits per heavy atom. The van der Waals surface area contributed by atoms with Crippen molar-refractivity contribution < 1.29 is 26.5 Å². The predicted molar refractivity (Wildman–Crippen MR) is 95.2 cm³/mol. The summed E-state index contributed by atoms with van der Waals surface area (Å²) in [5.41, 5.74) is 3.92. The van der Waals surface area contributed by atoms with E-state index in [2.05, 4.69) is 13.7 Å². The highest BCUT2D eigenvalue weighted by Gasteiger charge is 2.13. The average molecular weight is 386 g/mol. The molecule has 1 N–H and O–H groups in total. The van der Waals surface area contributed by atoms with Gasteiger partial charge in [-0.05, 0) is 25.1 Å². The predicted octanol–water partition coefficient (Wildman–Crippen LogP) is 2.70. The fourth-order valence-corrected chi connectivity index (χ4v) is 2.43. The van der Waals surface area contributed by atoms with Gasteiger partial charge in [0.15, 0.2) is 0 Å². The Hall–Kier alpha value is -2.00. The van der Waals surface area contributed by atoms with E-state index in [0.717, 1.165) is 34.9 Å². The van der Waals surface area contributed by atoms with E-state index in [9.17, 15) is 8.42 Å². The molecule has 0 aliphatic rings. The number of ether oxygens (including phenoxy) is 1. The molecule has 25 heavy (non-hydrogen) atoms. The molecule has 0 aliphatic heterocycles. The number of fused-ring (bicyclic) bond motifs is 2. The van der Waals surface area contributed by atoms with Gasteiger partial charge in [0, 0.05) is 23.2 Å². The van der Waals surface area contributed by atoms with Crippen molar-refractivity contribution in [1.82, 2.24) is 4.98 Å². The van der Waals surface area contributed by atoms with Crippen molar-refractivity contribution in [3.8, 4) is 5.75 Å². The molecule has 0 fully saturated rings. The number of rotatable bonds is 3. The molecule has 0 saturated carbocycles. The molecular formula is C16H18ClN2O5S+. The minimum Gasteiger partial charge on any atom is -0.494 e. The Kier molecular flexibility index (Phi) is 6.12. The number of hydrogen-bond acceptors (Lipinski definition) is 5. The second kappa shape index (κ2) is 7.92. The van der Waals surface area contributed by atoms with E-state index >= 15 is 0 Å². The number of aromatic nitrogens is 2. The molecule has 1 aromatic heterocycles. The number of halogens is 1. The number of hydrogen-bond donors (Lipinski definition) is 1. The monoisotopic (exact) mass is 385 g/mol. The van der Waals surface area contributed by atoms with Crippen LogP contribution < -0.4 is 9.30 Å². The summed E-state index contributed by atoms with van der Waals surface area (Å²) in [6.45, 7) is 2.62. The molecule has 0 bridgehead atoms. The molecule has 3 rings (SSSR count). The number of aryl methyl sites for hydroxylation is 1. The van der Waals surface area contributed by atoms with Crippen LogP contribution in [-0.4, -0.2) is 31.7 Å². The second-order valence-electron chi connectivity index (χ2n) is 4.98. The standard InChI is InChI=1S/C15H14ClN2O.CH4O4S/c1-3-19-11-5-7-15-13(9-11)17-12-8-10(16)4-6-14(12)18(15)2;1-5-6(2,3)4/h4-9H,3H2,1-2H3;1H3,(H,2,3,4)/q+1;. The second-order valence-corrected chi connectivity index (χ2v) is 6.61. The van der Waals surface area contributed by atoms with Crippen LogP contribution in [0.4, 0.5) is 0 Å². The van der Waals surface area contributed by atoms with E-state index in [0.29, 0.717) is 11.6 Å². The molecule has 3 aromatic rings. The Bertz CT molecular complexity index is 1010. The fraction of sp³-hybridized carbons (Fsp3) is 0.250. The molecule has 0 aliphatic carbocycles. The highest BCUT2D eigenvalue weighted by Crippen LogP contribution is 2.21. The third-order valence-corrected chi connectivity index (χ3v) is 4.03. The van der Waals surface area contributed by atoms with Crippen molar-refractivity contribution in [3.63, 3.8) is 0 Å². The van der Waals surface area contributed by atoms with Crippen molar-refractivity contribution in [2.24, 2.45) is 7.05 Å². The van der Waals surface area contributed by atoms with Crippen molar-refractivity contribution >= 4 is 44.1 Å². The summed E-state index contributed by atoms with van der Waals surface area (Å²) in [6, 6.07) is 11.7. The zero-order valence-corrected chi connectivity index (χ0v) is 15.5. The number of nitrogens with zero attached hydrogens (tertiary/aromatic N) is 2. The SMILES string of the molecule is CCOc1ccc2c(c1)nc1cc(Cl)ccc1[n+]2C.COS(=O)(=O)O. The maximum absolute atomic E-state index is 9.33. The Labute approximate surface area is 150 Å². The number of benzene rings is 2. The lowest BCUT2D eigenvalue weighted by Gasteiger charge is -2.05. The Balaban J connectivity index is 0.000000326. The quantitative estimate of drug-likeness (QED) is 0.423. The van der Waals surface area contributed by atoms with Gasteiger partial charge in [-0.2, -0.15) is 13.0 Å². The lowest BCUT2D eigenvalue weighted by molar-refractivity contribution is -0.617. The van der Waals surface area contributed by atoms with Gasteiger partial charge >= 0.3 is 10.4 Å². The van der Waals surface area contributed by atoms with E-state index < -0.39 is 10.4 Å². The zero-order valence-electron chi connectivity index (χ0n) is 13.9. The molecular weight excluding hydrogens is 368 g/mol. The van der Waals surface area contributed by atoms with Gasteiger partial charge in [-0.25, -0.2) is 4.98 Å². The van der Waals surface area contributed by atoms with E-state index in [4.69, 9.17) is 20.9 Å². The van der Waals surface area contributed by atoms with E-state index in [-0.39, 0.29) is 0 Å². The summed E-state index contributed by atoms with van der Waals surface area (Å²) in [5.74, 6) is 0.837. The van der Waals surface area contributed by atoms with E-state index in [1.807, 2.05) is 50.4 Å². The average Bonchev–Trinajstić information content (AvgIpc) is 2.55. The first-order valence-electron chi connectivity index (χ1n) is 7.30. The smallest absolute Gasteiger partial charge is 0.397 e. The van der Waals surface area contributed by atoms with Crippen LogP contribution in [0, 0.1) is 0 Å². The third kappa shape index (κ3) is 4.99. The van der Waals surface area contributed by atoms with Crippen LogP contribution in [0.5, 0.6) is 5.75 Å². The summed E-state index contributed by atoms with van der Waals surface area (Å²) >= 11 is 6.03. The van der Waals surface area contributed by atoms with Crippen LogP contribution in [0.25, 0.3) is 22.1 Å². The summed E-state index contributed by atoms with van der Waals surface area (Å²) in [7, 11) is -1.26. The Morgan fingerprint density at radius 1 is 1.16 bits per heavy atom. The van der Waals surface area contributed by atoms with Gasteiger partial charge in [0.25, 0.3) is 0 Å². The van der Waals surface area contributed by atoms with Crippen LogP contribution in [-0.2, 0) is 21.6 Å². The van der Waals surface area contributed by atoms with Crippen molar-refractivity contribution in [1.29, 1.82) is 0 Å². The first-order valence-corrected chi connectivity index (χ1v) is 9.04. The minimum atomic E-state index is -4.16. The molecule has 1 heterocycles. The fourth-order valence-electron chi connectivity index (χ4n) is 2.26. The molecule has 0 radical (unpaired) electrons. The lowest BCUT2D eigenvalue weighted by Crippen LogP contribution is -2.30. The summed E-state index contributed by atoms with van der Waals surface area (Å²) < 4.78 is 37.3. The van der Waals surface area contributed by atoms with E-state index in [1.54, 1.807) is 0 Å². The first-order chi connectivity index (χ1) is 11.7. The molecule has 0 spiro atoms. The third-order valence-electron chi connectivity index (χ3n) is 3.37. The summed E-state index contributed by atoms with van der Waals surface area (Å²) in [4.78, 5) is 4.66. The normalized spacial score (nSPS) is 11.2. The first kappa shape index (κ1) is 19.3. The minimum absolute atomic E-state index is 0.650. The molecule has 0 atom stereocenters. The maximum Gasteiger partial charge on any atom is 0.397 e. The van der Waals surface area contributed by atoms with Gasteiger partial charge in [-0.15, -0.1) is 0 Å². The van der Waals surface area contributed by atoms with Crippen molar-refractivity contribution in [3.05, 3.63) is 41.4 Å². The summed E-state index contributed by atoms with van der Waals surface area (Å²) in [5, 5.41) is 0.695. The largest absolute Gasteiger partial charge is 0.494 e. The van der Waals surface area contributed by atoms with Gasteiger partial charge < -0.3 is 4.74 Å². The van der Waals surface area contributed by atoms with Crippen LogP contribution in [0.1, 0.15) is 6.92 Å². The molecule has 0 amide bonds. The van der Waals surface area contributed by atoms with Gasteiger partial charge in [-0.3, -0.25) is 8.74 Å². The zero-order chi connectivity index (χ0) is 18.6. The molecule has 7 nitrogen and oxygen atoms in total. The topological polar surface area (TPSA) is 89.6 Å². The van der Waals surface area contributed by atoms with Gasteiger partial charge in [0.2, 0.25) is 11.0 Å². The van der Waals surface area contributed by atoms with Gasteiger partial charge in [0.1, 0.15) is 23.8 Å². The van der Waals surface area contributed by atoms with Crippen LogP contribution in [0.3, 0.4) is 0 Å². The van der Waals surface area contributed by atoms with Crippen LogP contribution in [0.15, 0.2) is 36.4 Å². The molecule has 2 aromatic carbocycles. The van der Waals surface area contributed by atoms with Crippen LogP contribution in [0.2, 0.25) is 5.02 Å².